The van der Waals surface area contributed by atoms with Crippen molar-refractivity contribution in [2.45, 2.75) is 25.9 Å². The lowest BCUT2D eigenvalue weighted by molar-refractivity contribution is 0.0743. The fourth-order valence-electron chi connectivity index (χ4n) is 3.57. The maximum absolute atomic E-state index is 12.4. The van der Waals surface area contributed by atoms with Crippen molar-refractivity contribution in [1.82, 2.24) is 39.6 Å². The fraction of sp³-hybridized carbons (Fsp3) is 0.471. The summed E-state index contributed by atoms with van der Waals surface area (Å²) in [5.41, 5.74) is 2.99. The van der Waals surface area contributed by atoms with E-state index in [0.717, 1.165) is 17.7 Å². The largest absolute Gasteiger partial charge is 0.379 e. The highest BCUT2D eigenvalue weighted by Gasteiger charge is 2.29. The van der Waals surface area contributed by atoms with Gasteiger partial charge in [-0.2, -0.15) is 10.2 Å². The number of nitrogens with one attached hydrogen (secondary N) is 1. The standard InChI is InChI=1S/C17H20N8O2/c1-10-12(8-18-20-10)15-19-16(25(22-15)11-3-6-27-9-11)13-7-14-17(26)23(2)4-5-24(14)21-13/h7-8,11H,3-6,9H2,1-2H3,(H,18,20). The van der Waals surface area contributed by atoms with Gasteiger partial charge < -0.3 is 9.64 Å². The first-order chi connectivity index (χ1) is 13.1. The molecule has 5 heterocycles. The molecule has 27 heavy (non-hydrogen) atoms. The summed E-state index contributed by atoms with van der Waals surface area (Å²) in [6, 6.07) is 1.91. The normalized spacial score (nSPS) is 19.7. The Hall–Kier alpha value is -3.01. The first-order valence-corrected chi connectivity index (χ1v) is 9.00. The van der Waals surface area contributed by atoms with Crippen LogP contribution < -0.4 is 0 Å². The van der Waals surface area contributed by atoms with Gasteiger partial charge in [-0.05, 0) is 13.3 Å². The van der Waals surface area contributed by atoms with Crippen LogP contribution >= 0.6 is 0 Å². The minimum absolute atomic E-state index is 0.0267. The van der Waals surface area contributed by atoms with Gasteiger partial charge in [-0.25, -0.2) is 9.67 Å². The predicted molar refractivity (Wildman–Crippen MR) is 95.0 cm³/mol. The molecule has 5 rings (SSSR count). The number of nitrogens with zero attached hydrogens (tertiary/aromatic N) is 7. The van der Waals surface area contributed by atoms with Crippen molar-refractivity contribution >= 4 is 5.91 Å². The van der Waals surface area contributed by atoms with E-state index in [1.165, 1.54) is 0 Å². The van der Waals surface area contributed by atoms with Crippen LogP contribution in [-0.2, 0) is 11.3 Å². The molecule has 0 saturated carbocycles. The molecule has 10 heteroatoms. The Morgan fingerprint density at radius 2 is 2.19 bits per heavy atom. The maximum atomic E-state index is 12.4. The number of aromatic nitrogens is 7. The monoisotopic (exact) mass is 368 g/mol. The Morgan fingerprint density at radius 1 is 1.30 bits per heavy atom. The van der Waals surface area contributed by atoms with E-state index < -0.39 is 0 Å². The third-order valence-corrected chi connectivity index (χ3v) is 5.18. The molecule has 2 aliphatic rings. The van der Waals surface area contributed by atoms with Crippen LogP contribution in [0.5, 0.6) is 0 Å². The third-order valence-electron chi connectivity index (χ3n) is 5.18. The van der Waals surface area contributed by atoms with Gasteiger partial charge in [0.05, 0.1) is 31.0 Å². The summed E-state index contributed by atoms with van der Waals surface area (Å²) in [4.78, 5) is 18.9. The molecule has 2 aliphatic heterocycles. The number of likely N-dealkylation sites (N-methyl/N-ethyl adjacent to an activating group) is 1. The number of amides is 1. The highest BCUT2D eigenvalue weighted by atomic mass is 16.5. The lowest BCUT2D eigenvalue weighted by atomic mass is 10.2. The van der Waals surface area contributed by atoms with Crippen molar-refractivity contribution in [2.75, 3.05) is 26.8 Å². The van der Waals surface area contributed by atoms with Crippen molar-refractivity contribution in [1.29, 1.82) is 0 Å². The topological polar surface area (TPSA) is 107 Å². The molecule has 3 aromatic heterocycles. The number of rotatable bonds is 3. The van der Waals surface area contributed by atoms with Gasteiger partial charge in [-0.1, -0.05) is 0 Å². The van der Waals surface area contributed by atoms with E-state index in [-0.39, 0.29) is 11.9 Å². The summed E-state index contributed by atoms with van der Waals surface area (Å²) in [5, 5.41) is 16.4. The molecule has 0 aromatic carbocycles. The van der Waals surface area contributed by atoms with Crippen LogP contribution in [0, 0.1) is 6.92 Å². The molecule has 0 bridgehead atoms. The zero-order valence-corrected chi connectivity index (χ0v) is 15.2. The molecule has 0 aliphatic carbocycles. The highest BCUT2D eigenvalue weighted by Crippen LogP contribution is 2.29. The summed E-state index contributed by atoms with van der Waals surface area (Å²) in [5.74, 6) is 1.22. The van der Waals surface area contributed by atoms with E-state index >= 15 is 0 Å². The zero-order chi connectivity index (χ0) is 18.5. The molecule has 140 valence electrons. The summed E-state index contributed by atoms with van der Waals surface area (Å²) in [7, 11) is 1.80. The minimum Gasteiger partial charge on any atom is -0.379 e. The highest BCUT2D eigenvalue weighted by molar-refractivity contribution is 5.94. The van der Waals surface area contributed by atoms with Gasteiger partial charge in [-0.3, -0.25) is 14.6 Å². The molecule has 1 atom stereocenters. The van der Waals surface area contributed by atoms with Crippen molar-refractivity contribution in [3.05, 3.63) is 23.7 Å². The van der Waals surface area contributed by atoms with Crippen LogP contribution in [0.25, 0.3) is 22.9 Å². The average Bonchev–Trinajstić information content (AvgIpc) is 3.42. The molecule has 0 radical (unpaired) electrons. The molecule has 10 nitrogen and oxygen atoms in total. The number of hydrogen-bond donors (Lipinski definition) is 1. The van der Waals surface area contributed by atoms with Crippen molar-refractivity contribution < 1.29 is 9.53 Å². The van der Waals surface area contributed by atoms with Gasteiger partial charge in [0.25, 0.3) is 5.91 Å². The Balaban J connectivity index is 1.63. The van der Waals surface area contributed by atoms with E-state index in [9.17, 15) is 4.79 Å². The number of fused-ring (bicyclic) bond motifs is 1. The maximum Gasteiger partial charge on any atom is 0.271 e. The lowest BCUT2D eigenvalue weighted by Gasteiger charge is -2.22. The summed E-state index contributed by atoms with van der Waals surface area (Å²) in [6.07, 6.45) is 2.59. The molecular weight excluding hydrogens is 348 g/mol. The number of ether oxygens (including phenoxy) is 1. The molecule has 1 fully saturated rings. The first-order valence-electron chi connectivity index (χ1n) is 9.00. The zero-order valence-electron chi connectivity index (χ0n) is 15.2. The molecule has 1 amide bonds. The molecule has 0 spiro atoms. The minimum atomic E-state index is -0.0267. The van der Waals surface area contributed by atoms with E-state index in [0.29, 0.717) is 49.3 Å². The Morgan fingerprint density at radius 3 is 2.93 bits per heavy atom. The van der Waals surface area contributed by atoms with Crippen LogP contribution in [-0.4, -0.2) is 72.4 Å². The van der Waals surface area contributed by atoms with Crippen LogP contribution in [0.15, 0.2) is 12.3 Å². The second kappa shape index (κ2) is 6.02. The summed E-state index contributed by atoms with van der Waals surface area (Å²) < 4.78 is 9.19. The fourth-order valence-corrected chi connectivity index (χ4v) is 3.57. The number of carbonyl (C=O) groups excluding carboxylic acids is 1. The SMILES string of the molecule is Cc1[nH]ncc1-c1nc(-c2cc3n(n2)CCN(C)C3=O)n(C2CCOC2)n1. The van der Waals surface area contributed by atoms with Gasteiger partial charge in [-0.15, -0.1) is 5.10 Å². The number of aryl methyl sites for hydroxylation is 1. The molecule has 1 unspecified atom stereocenters. The van der Waals surface area contributed by atoms with Crippen molar-refractivity contribution in [2.24, 2.45) is 0 Å². The predicted octanol–water partition coefficient (Wildman–Crippen LogP) is 0.887. The number of H-pyrrole nitrogens is 1. The van der Waals surface area contributed by atoms with Gasteiger partial charge in [0.15, 0.2) is 11.6 Å². The van der Waals surface area contributed by atoms with E-state index in [2.05, 4.69) is 15.3 Å². The Bertz CT molecular complexity index is 1010. The van der Waals surface area contributed by atoms with Crippen LogP contribution in [0.1, 0.15) is 28.6 Å². The number of aromatic amines is 1. The molecular formula is C17H20N8O2. The van der Waals surface area contributed by atoms with Gasteiger partial charge in [0.2, 0.25) is 0 Å². The number of carbonyl (C=O) groups is 1. The Labute approximate surface area is 155 Å². The van der Waals surface area contributed by atoms with Crippen molar-refractivity contribution in [3.63, 3.8) is 0 Å². The van der Waals surface area contributed by atoms with E-state index in [1.54, 1.807) is 28.9 Å². The molecule has 3 aromatic rings. The van der Waals surface area contributed by atoms with Gasteiger partial charge >= 0.3 is 0 Å². The second-order valence-electron chi connectivity index (χ2n) is 6.99. The van der Waals surface area contributed by atoms with Crippen LogP contribution in [0.2, 0.25) is 0 Å². The molecule has 1 saturated heterocycles. The number of hydrogen-bond acceptors (Lipinski definition) is 6. The molecule has 1 N–H and O–H groups in total. The average molecular weight is 368 g/mol. The quantitative estimate of drug-likeness (QED) is 0.736. The van der Waals surface area contributed by atoms with E-state index in [1.807, 2.05) is 11.6 Å². The third kappa shape index (κ3) is 2.55. The lowest BCUT2D eigenvalue weighted by Crippen LogP contribution is -2.37. The summed E-state index contributed by atoms with van der Waals surface area (Å²) in [6.45, 7) is 4.55. The second-order valence-corrected chi connectivity index (χ2v) is 6.99. The van der Waals surface area contributed by atoms with Crippen LogP contribution in [0.4, 0.5) is 0 Å². The van der Waals surface area contributed by atoms with Crippen molar-refractivity contribution in [3.8, 4) is 22.9 Å². The first kappa shape index (κ1) is 16.2. The van der Waals surface area contributed by atoms with Crippen LogP contribution in [0.3, 0.4) is 0 Å². The summed E-state index contributed by atoms with van der Waals surface area (Å²) >= 11 is 0. The van der Waals surface area contributed by atoms with E-state index in [4.69, 9.17) is 14.8 Å². The smallest absolute Gasteiger partial charge is 0.271 e. The Kier molecular flexibility index (Phi) is 3.61. The van der Waals surface area contributed by atoms with Gasteiger partial charge in [0.1, 0.15) is 11.4 Å². The van der Waals surface area contributed by atoms with Gasteiger partial charge in [0, 0.05) is 32.0 Å².